The Hall–Kier alpha value is -2.74. The van der Waals surface area contributed by atoms with Crippen molar-refractivity contribution in [2.75, 3.05) is 38.8 Å². The first-order valence-electron chi connectivity index (χ1n) is 8.65. The minimum absolute atomic E-state index is 0.206. The molecule has 3 rings (SSSR count). The van der Waals surface area contributed by atoms with Crippen molar-refractivity contribution in [3.63, 3.8) is 0 Å². The fourth-order valence-electron chi connectivity index (χ4n) is 2.66. The van der Waals surface area contributed by atoms with Gasteiger partial charge in [-0.2, -0.15) is 5.10 Å². The van der Waals surface area contributed by atoms with E-state index in [9.17, 15) is 4.79 Å². The Morgan fingerprint density at radius 3 is 2.88 bits per heavy atom. The van der Waals surface area contributed by atoms with Gasteiger partial charge in [0.2, 0.25) is 0 Å². The maximum Gasteiger partial charge on any atom is 0.322 e. The van der Waals surface area contributed by atoms with Crippen LogP contribution in [0, 0.1) is 0 Å². The highest BCUT2D eigenvalue weighted by atomic mass is 16.6. The molecule has 1 N–H and O–H groups in total. The first-order chi connectivity index (χ1) is 12.7. The summed E-state index contributed by atoms with van der Waals surface area (Å²) < 4.78 is 18.0. The number of carbonyl (C=O) groups is 1. The number of hydrogen-bond acceptors (Lipinski definition) is 5. The highest BCUT2D eigenvalue weighted by Gasteiger charge is 2.17. The van der Waals surface area contributed by atoms with Crippen LogP contribution in [0.25, 0.3) is 0 Å². The number of aryl methyl sites for hydroxylation is 1. The quantitative estimate of drug-likeness (QED) is 0.820. The fourth-order valence-corrected chi connectivity index (χ4v) is 2.66. The number of amides is 2. The second-order valence-electron chi connectivity index (χ2n) is 5.91. The van der Waals surface area contributed by atoms with E-state index in [1.165, 1.54) is 0 Å². The normalized spacial score (nSPS) is 12.7. The molecule has 8 heteroatoms. The number of benzene rings is 1. The Labute approximate surface area is 152 Å². The van der Waals surface area contributed by atoms with Gasteiger partial charge in [-0.1, -0.05) is 0 Å². The molecule has 0 unspecified atom stereocenters. The molecule has 0 fully saturated rings. The van der Waals surface area contributed by atoms with Crippen molar-refractivity contribution >= 4 is 11.7 Å². The average molecular weight is 360 g/mol. The van der Waals surface area contributed by atoms with Crippen LogP contribution in [-0.4, -0.2) is 54.2 Å². The second-order valence-corrected chi connectivity index (χ2v) is 5.91. The number of carbonyl (C=O) groups excluding carboxylic acids is 1. The van der Waals surface area contributed by atoms with Crippen LogP contribution in [0.15, 0.2) is 30.6 Å². The zero-order valence-corrected chi connectivity index (χ0v) is 15.1. The summed E-state index contributed by atoms with van der Waals surface area (Å²) >= 11 is 0. The lowest BCUT2D eigenvalue weighted by Crippen LogP contribution is -2.36. The van der Waals surface area contributed by atoms with Crippen LogP contribution in [-0.2, 0) is 17.8 Å². The lowest BCUT2D eigenvalue weighted by molar-refractivity contribution is 0.152. The van der Waals surface area contributed by atoms with E-state index in [0.29, 0.717) is 50.1 Å². The van der Waals surface area contributed by atoms with E-state index in [0.717, 1.165) is 12.1 Å². The number of urea groups is 1. The third-order valence-corrected chi connectivity index (χ3v) is 4.03. The Kier molecular flexibility index (Phi) is 5.96. The standard InChI is InChI=1S/C18H24N4O4/c1-3-22-13-14(11-19-22)12-21(6-7-24-2)18(23)20-15-4-5-16-17(10-15)26-9-8-25-16/h4-5,10-11,13H,3,6-9,12H2,1-2H3,(H,20,23). The van der Waals surface area contributed by atoms with Gasteiger partial charge in [0.15, 0.2) is 11.5 Å². The zero-order chi connectivity index (χ0) is 18.4. The molecule has 0 atom stereocenters. The number of fused-ring (bicyclic) bond motifs is 1. The molecule has 26 heavy (non-hydrogen) atoms. The van der Waals surface area contributed by atoms with Gasteiger partial charge in [-0.05, 0) is 19.1 Å². The first-order valence-corrected chi connectivity index (χ1v) is 8.65. The average Bonchev–Trinajstić information content (AvgIpc) is 3.12. The summed E-state index contributed by atoms with van der Waals surface area (Å²) in [5, 5.41) is 7.17. The first kappa shape index (κ1) is 18.1. The zero-order valence-electron chi connectivity index (χ0n) is 15.1. The van der Waals surface area contributed by atoms with Gasteiger partial charge in [0.05, 0.1) is 19.3 Å². The Balaban J connectivity index is 1.68. The molecule has 0 spiro atoms. The smallest absolute Gasteiger partial charge is 0.322 e. The monoisotopic (exact) mass is 360 g/mol. The number of rotatable bonds is 7. The lowest BCUT2D eigenvalue weighted by Gasteiger charge is -2.23. The molecule has 1 aromatic heterocycles. The molecule has 2 amide bonds. The predicted octanol–water partition coefficient (Wildman–Crippen LogP) is 2.35. The molecule has 0 saturated heterocycles. The molecule has 1 aliphatic heterocycles. The molecule has 2 heterocycles. The van der Waals surface area contributed by atoms with Crippen LogP contribution in [0.5, 0.6) is 11.5 Å². The van der Waals surface area contributed by atoms with Crippen molar-refractivity contribution in [3.05, 3.63) is 36.2 Å². The van der Waals surface area contributed by atoms with E-state index < -0.39 is 0 Å². The summed E-state index contributed by atoms with van der Waals surface area (Å²) in [5.74, 6) is 1.33. The third-order valence-electron chi connectivity index (χ3n) is 4.03. The Morgan fingerprint density at radius 1 is 1.35 bits per heavy atom. The van der Waals surface area contributed by atoms with Crippen molar-refractivity contribution in [2.45, 2.75) is 20.0 Å². The van der Waals surface area contributed by atoms with E-state index in [1.54, 1.807) is 36.4 Å². The SMILES string of the molecule is CCn1cc(CN(CCOC)C(=O)Nc2ccc3c(c2)OCCO3)cn1. The summed E-state index contributed by atoms with van der Waals surface area (Å²) in [6, 6.07) is 5.17. The van der Waals surface area contributed by atoms with Crippen molar-refractivity contribution in [1.82, 2.24) is 14.7 Å². The van der Waals surface area contributed by atoms with Gasteiger partial charge in [-0.3, -0.25) is 4.68 Å². The number of hydrogen-bond donors (Lipinski definition) is 1. The molecule has 0 bridgehead atoms. The minimum atomic E-state index is -0.206. The van der Waals surface area contributed by atoms with Crippen LogP contribution >= 0.6 is 0 Å². The number of aromatic nitrogens is 2. The van der Waals surface area contributed by atoms with Crippen LogP contribution < -0.4 is 14.8 Å². The number of methoxy groups -OCH3 is 1. The van der Waals surface area contributed by atoms with Gasteiger partial charge in [0.1, 0.15) is 13.2 Å². The van der Waals surface area contributed by atoms with Gasteiger partial charge in [0.25, 0.3) is 0 Å². The molecule has 140 valence electrons. The van der Waals surface area contributed by atoms with Crippen LogP contribution in [0.1, 0.15) is 12.5 Å². The molecular weight excluding hydrogens is 336 g/mol. The van der Waals surface area contributed by atoms with E-state index in [1.807, 2.05) is 17.8 Å². The maximum atomic E-state index is 12.7. The predicted molar refractivity (Wildman–Crippen MR) is 96.6 cm³/mol. The van der Waals surface area contributed by atoms with Crippen molar-refractivity contribution in [1.29, 1.82) is 0 Å². The molecule has 2 aromatic rings. The fraction of sp³-hybridized carbons (Fsp3) is 0.444. The van der Waals surface area contributed by atoms with Gasteiger partial charge in [-0.25, -0.2) is 4.79 Å². The summed E-state index contributed by atoms with van der Waals surface area (Å²) in [7, 11) is 1.62. The van der Waals surface area contributed by atoms with Crippen LogP contribution in [0.4, 0.5) is 10.5 Å². The molecule has 1 aromatic carbocycles. The maximum absolute atomic E-state index is 12.7. The number of anilines is 1. The number of nitrogens with one attached hydrogen (secondary N) is 1. The molecule has 8 nitrogen and oxygen atoms in total. The third kappa shape index (κ3) is 4.45. The Bertz CT molecular complexity index is 747. The van der Waals surface area contributed by atoms with Crippen LogP contribution in [0.2, 0.25) is 0 Å². The summed E-state index contributed by atoms with van der Waals surface area (Å²) in [6.07, 6.45) is 3.72. The van der Waals surface area contributed by atoms with Crippen molar-refractivity contribution < 1.29 is 19.0 Å². The summed E-state index contributed by atoms with van der Waals surface area (Å²) in [6.45, 7) is 5.25. The summed E-state index contributed by atoms with van der Waals surface area (Å²) in [4.78, 5) is 14.4. The van der Waals surface area contributed by atoms with Gasteiger partial charge >= 0.3 is 6.03 Å². The largest absolute Gasteiger partial charge is 0.486 e. The van der Waals surface area contributed by atoms with E-state index in [2.05, 4.69) is 10.4 Å². The van der Waals surface area contributed by atoms with Crippen molar-refractivity contribution in [3.8, 4) is 11.5 Å². The highest BCUT2D eigenvalue weighted by Crippen LogP contribution is 2.32. The molecule has 0 saturated carbocycles. The molecule has 1 aliphatic rings. The molecule has 0 aliphatic carbocycles. The van der Waals surface area contributed by atoms with Crippen LogP contribution in [0.3, 0.4) is 0 Å². The van der Waals surface area contributed by atoms with Crippen molar-refractivity contribution in [2.24, 2.45) is 0 Å². The molecular formula is C18H24N4O4. The van der Waals surface area contributed by atoms with E-state index in [-0.39, 0.29) is 6.03 Å². The minimum Gasteiger partial charge on any atom is -0.486 e. The van der Waals surface area contributed by atoms with Gasteiger partial charge in [-0.15, -0.1) is 0 Å². The number of nitrogens with zero attached hydrogens (tertiary/aromatic N) is 3. The van der Waals surface area contributed by atoms with E-state index in [4.69, 9.17) is 14.2 Å². The molecule has 0 radical (unpaired) electrons. The topological polar surface area (TPSA) is 77.9 Å². The lowest BCUT2D eigenvalue weighted by atomic mass is 10.2. The van der Waals surface area contributed by atoms with Gasteiger partial charge in [0, 0.05) is 43.7 Å². The second kappa shape index (κ2) is 8.57. The number of ether oxygens (including phenoxy) is 3. The highest BCUT2D eigenvalue weighted by molar-refractivity contribution is 5.89. The van der Waals surface area contributed by atoms with E-state index >= 15 is 0 Å². The van der Waals surface area contributed by atoms with Gasteiger partial charge < -0.3 is 24.4 Å². The Morgan fingerprint density at radius 2 is 2.15 bits per heavy atom. The summed E-state index contributed by atoms with van der Waals surface area (Å²) in [5.41, 5.74) is 1.63.